The first-order valence-electron chi connectivity index (χ1n) is 7.09. The molecule has 1 amide bonds. The molecule has 0 spiro atoms. The fraction of sp³-hybridized carbons (Fsp3) is 0.400. The minimum absolute atomic E-state index is 0.210. The number of carbonyl (C=O) groups excluding carboxylic acids is 1. The maximum atomic E-state index is 12.0. The van der Waals surface area contributed by atoms with Crippen molar-refractivity contribution < 1.29 is 4.79 Å². The lowest BCUT2D eigenvalue weighted by molar-refractivity contribution is 0.0946. The van der Waals surface area contributed by atoms with E-state index < -0.39 is 0 Å². The van der Waals surface area contributed by atoms with E-state index in [2.05, 4.69) is 20.2 Å². The number of aromatic nitrogens is 2. The smallest absolute Gasteiger partial charge is 0.289 e. The van der Waals surface area contributed by atoms with Crippen LogP contribution < -0.4 is 10.2 Å². The molecule has 0 atom stereocenters. The first-order chi connectivity index (χ1) is 9.79. The van der Waals surface area contributed by atoms with E-state index in [1.807, 2.05) is 31.2 Å². The molecule has 5 heteroatoms. The summed E-state index contributed by atoms with van der Waals surface area (Å²) in [6.07, 6.45) is 2.35. The maximum Gasteiger partial charge on any atom is 0.289 e. The maximum absolute atomic E-state index is 12.0. The Balaban J connectivity index is 2.11. The Hall–Kier alpha value is -2.17. The van der Waals surface area contributed by atoms with Gasteiger partial charge in [0, 0.05) is 25.0 Å². The van der Waals surface area contributed by atoms with Crippen LogP contribution in [0.5, 0.6) is 0 Å². The predicted molar refractivity (Wildman–Crippen MR) is 79.0 cm³/mol. The van der Waals surface area contributed by atoms with Gasteiger partial charge in [0.05, 0.1) is 5.52 Å². The summed E-state index contributed by atoms with van der Waals surface area (Å²) < 4.78 is 0. The first-order valence-corrected chi connectivity index (χ1v) is 7.09. The van der Waals surface area contributed by atoms with Crippen LogP contribution in [0.25, 0.3) is 10.9 Å². The highest BCUT2D eigenvalue weighted by Crippen LogP contribution is 2.26. The van der Waals surface area contributed by atoms with Gasteiger partial charge in [-0.05, 0) is 31.9 Å². The molecule has 1 aromatic heterocycles. The van der Waals surface area contributed by atoms with Gasteiger partial charge in [-0.2, -0.15) is 0 Å². The molecule has 0 aliphatic carbocycles. The van der Waals surface area contributed by atoms with Gasteiger partial charge in [0.1, 0.15) is 5.82 Å². The van der Waals surface area contributed by atoms with Gasteiger partial charge in [-0.15, -0.1) is 0 Å². The Kier molecular flexibility index (Phi) is 3.50. The number of benzene rings is 1. The van der Waals surface area contributed by atoms with Crippen molar-refractivity contribution >= 4 is 22.6 Å². The van der Waals surface area contributed by atoms with E-state index in [0.29, 0.717) is 6.54 Å². The summed E-state index contributed by atoms with van der Waals surface area (Å²) in [4.78, 5) is 23.1. The molecule has 0 radical (unpaired) electrons. The van der Waals surface area contributed by atoms with Crippen LogP contribution in [-0.4, -0.2) is 35.5 Å². The standard InChI is InChI=1S/C15H18N4O/c1-2-16-15(20)13-17-12-8-4-3-7-11(12)14(18-13)19-9-5-6-10-19/h3-4,7-8H,2,5-6,9-10H2,1H3,(H,16,20). The normalized spacial score (nSPS) is 14.8. The minimum Gasteiger partial charge on any atom is -0.356 e. The third kappa shape index (κ3) is 2.31. The number of hydrogen-bond donors (Lipinski definition) is 1. The second-order valence-electron chi connectivity index (χ2n) is 4.94. The van der Waals surface area contributed by atoms with Crippen LogP contribution in [0.1, 0.15) is 30.4 Å². The summed E-state index contributed by atoms with van der Waals surface area (Å²) in [5.74, 6) is 0.931. The van der Waals surface area contributed by atoms with Crippen LogP contribution in [-0.2, 0) is 0 Å². The average molecular weight is 270 g/mol. The number of carbonyl (C=O) groups is 1. The molecule has 1 fully saturated rings. The molecule has 1 N–H and O–H groups in total. The third-order valence-corrected chi connectivity index (χ3v) is 3.53. The second kappa shape index (κ2) is 5.45. The van der Waals surface area contributed by atoms with Crippen molar-refractivity contribution in [2.45, 2.75) is 19.8 Å². The molecular weight excluding hydrogens is 252 g/mol. The van der Waals surface area contributed by atoms with E-state index in [1.165, 1.54) is 12.8 Å². The van der Waals surface area contributed by atoms with Crippen molar-refractivity contribution in [3.8, 4) is 0 Å². The quantitative estimate of drug-likeness (QED) is 0.926. The zero-order valence-electron chi connectivity index (χ0n) is 11.6. The molecule has 1 aromatic carbocycles. The SMILES string of the molecule is CCNC(=O)c1nc(N2CCCC2)c2ccccc2n1. The van der Waals surface area contributed by atoms with E-state index in [9.17, 15) is 4.79 Å². The molecule has 0 saturated carbocycles. The molecule has 1 saturated heterocycles. The van der Waals surface area contributed by atoms with Gasteiger partial charge in [0.2, 0.25) is 5.82 Å². The lowest BCUT2D eigenvalue weighted by Crippen LogP contribution is -2.27. The Labute approximate surface area is 118 Å². The van der Waals surface area contributed by atoms with Gasteiger partial charge in [-0.1, -0.05) is 12.1 Å². The van der Waals surface area contributed by atoms with Crippen molar-refractivity contribution in [3.05, 3.63) is 30.1 Å². The van der Waals surface area contributed by atoms with Crippen molar-refractivity contribution in [2.24, 2.45) is 0 Å². The van der Waals surface area contributed by atoms with Gasteiger partial charge < -0.3 is 10.2 Å². The monoisotopic (exact) mass is 270 g/mol. The first kappa shape index (κ1) is 12.8. The lowest BCUT2D eigenvalue weighted by Gasteiger charge is -2.19. The highest BCUT2D eigenvalue weighted by molar-refractivity contribution is 5.96. The fourth-order valence-electron chi connectivity index (χ4n) is 2.57. The van der Waals surface area contributed by atoms with Crippen molar-refractivity contribution in [1.29, 1.82) is 0 Å². The third-order valence-electron chi connectivity index (χ3n) is 3.53. The molecule has 1 aliphatic rings. The molecule has 104 valence electrons. The zero-order valence-corrected chi connectivity index (χ0v) is 11.6. The molecule has 2 heterocycles. The van der Waals surface area contributed by atoms with Crippen LogP contribution >= 0.6 is 0 Å². The van der Waals surface area contributed by atoms with Crippen molar-refractivity contribution in [3.63, 3.8) is 0 Å². The number of nitrogens with one attached hydrogen (secondary N) is 1. The topological polar surface area (TPSA) is 58.1 Å². The summed E-state index contributed by atoms with van der Waals surface area (Å²) in [6.45, 7) is 4.46. The number of hydrogen-bond acceptors (Lipinski definition) is 4. The van der Waals surface area contributed by atoms with Gasteiger partial charge in [0.15, 0.2) is 0 Å². The van der Waals surface area contributed by atoms with E-state index in [4.69, 9.17) is 0 Å². The predicted octanol–water partition coefficient (Wildman–Crippen LogP) is 1.98. The summed E-state index contributed by atoms with van der Waals surface area (Å²) >= 11 is 0. The minimum atomic E-state index is -0.210. The molecule has 20 heavy (non-hydrogen) atoms. The summed E-state index contributed by atoms with van der Waals surface area (Å²) in [5, 5.41) is 3.78. The van der Waals surface area contributed by atoms with Gasteiger partial charge >= 0.3 is 0 Å². The number of para-hydroxylation sites is 1. The number of fused-ring (bicyclic) bond motifs is 1. The highest BCUT2D eigenvalue weighted by Gasteiger charge is 2.19. The molecule has 1 aliphatic heterocycles. The van der Waals surface area contributed by atoms with E-state index in [0.717, 1.165) is 29.8 Å². The second-order valence-corrected chi connectivity index (χ2v) is 4.94. The zero-order chi connectivity index (χ0) is 13.9. The average Bonchev–Trinajstić information content (AvgIpc) is 3.00. The van der Waals surface area contributed by atoms with Gasteiger partial charge in [0.25, 0.3) is 5.91 Å². The van der Waals surface area contributed by atoms with E-state index in [-0.39, 0.29) is 11.7 Å². The Morgan fingerprint density at radius 3 is 2.75 bits per heavy atom. The molecule has 0 unspecified atom stereocenters. The Morgan fingerprint density at radius 2 is 2.00 bits per heavy atom. The van der Waals surface area contributed by atoms with Crippen LogP contribution in [0.3, 0.4) is 0 Å². The summed E-state index contributed by atoms with van der Waals surface area (Å²) in [7, 11) is 0. The van der Waals surface area contributed by atoms with Crippen LogP contribution in [0.2, 0.25) is 0 Å². The fourth-order valence-corrected chi connectivity index (χ4v) is 2.57. The molecule has 0 bridgehead atoms. The highest BCUT2D eigenvalue weighted by atomic mass is 16.2. The van der Waals surface area contributed by atoms with Crippen LogP contribution in [0.15, 0.2) is 24.3 Å². The lowest BCUT2D eigenvalue weighted by atomic mass is 10.2. The molecule has 2 aromatic rings. The van der Waals surface area contributed by atoms with Gasteiger partial charge in [-0.25, -0.2) is 9.97 Å². The van der Waals surface area contributed by atoms with Crippen molar-refractivity contribution in [1.82, 2.24) is 15.3 Å². The van der Waals surface area contributed by atoms with Crippen LogP contribution in [0, 0.1) is 0 Å². The van der Waals surface area contributed by atoms with E-state index in [1.54, 1.807) is 0 Å². The summed E-state index contributed by atoms with van der Waals surface area (Å²) in [6, 6.07) is 7.87. The van der Waals surface area contributed by atoms with E-state index >= 15 is 0 Å². The molecular formula is C15H18N4O. The number of nitrogens with zero attached hydrogens (tertiary/aromatic N) is 3. The largest absolute Gasteiger partial charge is 0.356 e. The van der Waals surface area contributed by atoms with Gasteiger partial charge in [-0.3, -0.25) is 4.79 Å². The Bertz CT molecular complexity index is 635. The molecule has 3 rings (SSSR count). The number of amides is 1. The number of anilines is 1. The van der Waals surface area contributed by atoms with Crippen molar-refractivity contribution in [2.75, 3.05) is 24.5 Å². The summed E-state index contributed by atoms with van der Waals surface area (Å²) in [5.41, 5.74) is 0.825. The number of rotatable bonds is 3. The Morgan fingerprint density at radius 1 is 1.25 bits per heavy atom. The molecule has 5 nitrogen and oxygen atoms in total. The van der Waals surface area contributed by atoms with Crippen LogP contribution in [0.4, 0.5) is 5.82 Å².